The monoisotopic (exact) mass is 287 g/mol. The molecule has 0 fully saturated rings. The number of carbonyl (C=O) groups is 1. The summed E-state index contributed by atoms with van der Waals surface area (Å²) in [7, 11) is 1.91. The molecule has 0 saturated carbocycles. The third kappa shape index (κ3) is 4.10. The molecule has 5 nitrogen and oxygen atoms in total. The molecule has 2 aromatic rings. The fourth-order valence-corrected chi connectivity index (χ4v) is 2.03. The Kier molecular flexibility index (Phi) is 5.00. The number of hydrogen-bond acceptors (Lipinski definition) is 3. The Hall–Kier alpha value is -2.27. The SMILES string of the molecule is CNC(C)c1cccc(NC(=O)NC(C)c2ccco2)c1. The van der Waals surface area contributed by atoms with E-state index in [1.807, 2.05) is 44.3 Å². The topological polar surface area (TPSA) is 66.3 Å². The first-order valence-corrected chi connectivity index (χ1v) is 6.98. The third-order valence-electron chi connectivity index (χ3n) is 3.40. The number of amides is 2. The van der Waals surface area contributed by atoms with Gasteiger partial charge in [0.1, 0.15) is 5.76 Å². The second-order valence-corrected chi connectivity index (χ2v) is 4.97. The first kappa shape index (κ1) is 15.1. The van der Waals surface area contributed by atoms with Crippen molar-refractivity contribution in [3.8, 4) is 0 Å². The molecule has 0 saturated heterocycles. The van der Waals surface area contributed by atoms with Crippen LogP contribution in [0.4, 0.5) is 10.5 Å². The van der Waals surface area contributed by atoms with Crippen molar-refractivity contribution in [2.45, 2.75) is 25.9 Å². The van der Waals surface area contributed by atoms with Crippen molar-refractivity contribution in [3.05, 3.63) is 54.0 Å². The Labute approximate surface area is 124 Å². The standard InChI is InChI=1S/C16H21N3O2/c1-11(17-3)13-6-4-7-14(10-13)19-16(20)18-12(2)15-8-5-9-21-15/h4-12,17H,1-3H3,(H2,18,19,20). The van der Waals surface area contributed by atoms with E-state index in [1.165, 1.54) is 0 Å². The Morgan fingerprint density at radius 1 is 1.14 bits per heavy atom. The predicted molar refractivity (Wildman–Crippen MR) is 83.2 cm³/mol. The van der Waals surface area contributed by atoms with E-state index >= 15 is 0 Å². The van der Waals surface area contributed by atoms with Gasteiger partial charge in [-0.05, 0) is 50.7 Å². The number of furan rings is 1. The highest BCUT2D eigenvalue weighted by atomic mass is 16.3. The van der Waals surface area contributed by atoms with Crippen LogP contribution in [0.3, 0.4) is 0 Å². The molecule has 0 radical (unpaired) electrons. The van der Waals surface area contributed by atoms with Crippen LogP contribution in [0.25, 0.3) is 0 Å². The highest BCUT2D eigenvalue weighted by Crippen LogP contribution is 2.17. The third-order valence-corrected chi connectivity index (χ3v) is 3.40. The van der Waals surface area contributed by atoms with Gasteiger partial charge in [-0.3, -0.25) is 0 Å². The number of benzene rings is 1. The van der Waals surface area contributed by atoms with Gasteiger partial charge >= 0.3 is 6.03 Å². The lowest BCUT2D eigenvalue weighted by atomic mass is 10.1. The highest BCUT2D eigenvalue weighted by Gasteiger charge is 2.12. The van der Waals surface area contributed by atoms with E-state index in [2.05, 4.69) is 22.9 Å². The first-order valence-electron chi connectivity index (χ1n) is 6.98. The van der Waals surface area contributed by atoms with Crippen LogP contribution < -0.4 is 16.0 Å². The van der Waals surface area contributed by atoms with Crippen LogP contribution >= 0.6 is 0 Å². The van der Waals surface area contributed by atoms with Gasteiger partial charge in [0.25, 0.3) is 0 Å². The van der Waals surface area contributed by atoms with Crippen molar-refractivity contribution < 1.29 is 9.21 Å². The van der Waals surface area contributed by atoms with E-state index in [0.717, 1.165) is 17.0 Å². The van der Waals surface area contributed by atoms with Crippen molar-refractivity contribution in [1.82, 2.24) is 10.6 Å². The van der Waals surface area contributed by atoms with E-state index in [0.29, 0.717) is 0 Å². The van der Waals surface area contributed by atoms with Crippen LogP contribution in [0.2, 0.25) is 0 Å². The van der Waals surface area contributed by atoms with Gasteiger partial charge in [-0.2, -0.15) is 0 Å². The predicted octanol–water partition coefficient (Wildman–Crippen LogP) is 3.44. The summed E-state index contributed by atoms with van der Waals surface area (Å²) in [4.78, 5) is 12.0. The Morgan fingerprint density at radius 3 is 2.62 bits per heavy atom. The first-order chi connectivity index (χ1) is 10.1. The number of urea groups is 1. The maximum Gasteiger partial charge on any atom is 0.319 e. The molecule has 2 rings (SSSR count). The van der Waals surface area contributed by atoms with E-state index in [4.69, 9.17) is 4.42 Å². The minimum absolute atomic E-state index is 0.181. The minimum Gasteiger partial charge on any atom is -0.467 e. The molecule has 0 aliphatic rings. The molecule has 1 heterocycles. The summed E-state index contributed by atoms with van der Waals surface area (Å²) in [6.45, 7) is 3.94. The number of carbonyl (C=O) groups excluding carboxylic acids is 1. The van der Waals surface area contributed by atoms with Gasteiger partial charge in [-0.25, -0.2) is 4.79 Å². The molecule has 21 heavy (non-hydrogen) atoms. The molecule has 2 amide bonds. The molecule has 0 aliphatic carbocycles. The van der Waals surface area contributed by atoms with Crippen molar-refractivity contribution in [2.75, 3.05) is 12.4 Å². The van der Waals surface area contributed by atoms with Gasteiger partial charge in [0.2, 0.25) is 0 Å². The molecule has 5 heteroatoms. The van der Waals surface area contributed by atoms with Gasteiger partial charge in [0, 0.05) is 11.7 Å². The van der Waals surface area contributed by atoms with Gasteiger partial charge in [0.05, 0.1) is 12.3 Å². The average Bonchev–Trinajstić information content (AvgIpc) is 3.00. The molecule has 0 bridgehead atoms. The zero-order valence-electron chi connectivity index (χ0n) is 12.5. The zero-order valence-corrected chi connectivity index (χ0v) is 12.5. The van der Waals surface area contributed by atoms with Gasteiger partial charge in [-0.15, -0.1) is 0 Å². The second kappa shape index (κ2) is 6.95. The fourth-order valence-electron chi connectivity index (χ4n) is 2.03. The fraction of sp³-hybridized carbons (Fsp3) is 0.312. The quantitative estimate of drug-likeness (QED) is 0.789. The maximum absolute atomic E-state index is 12.0. The van der Waals surface area contributed by atoms with Crippen molar-refractivity contribution in [3.63, 3.8) is 0 Å². The minimum atomic E-state index is -0.256. The van der Waals surface area contributed by atoms with Crippen LogP contribution in [0.5, 0.6) is 0 Å². The summed E-state index contributed by atoms with van der Waals surface area (Å²) >= 11 is 0. The lowest BCUT2D eigenvalue weighted by Gasteiger charge is -2.15. The summed E-state index contributed by atoms with van der Waals surface area (Å²) in [6.07, 6.45) is 1.59. The van der Waals surface area contributed by atoms with E-state index in [9.17, 15) is 4.79 Å². The number of rotatable bonds is 5. The highest BCUT2D eigenvalue weighted by molar-refractivity contribution is 5.89. The number of hydrogen-bond donors (Lipinski definition) is 3. The lowest BCUT2D eigenvalue weighted by molar-refractivity contribution is 0.247. The normalized spacial score (nSPS) is 13.5. The smallest absolute Gasteiger partial charge is 0.319 e. The number of anilines is 1. The van der Waals surface area contributed by atoms with Gasteiger partial charge in [0.15, 0.2) is 0 Å². The number of nitrogens with one attached hydrogen (secondary N) is 3. The van der Waals surface area contributed by atoms with Gasteiger partial charge in [-0.1, -0.05) is 12.1 Å². The molecule has 2 unspecified atom stereocenters. The molecule has 1 aromatic heterocycles. The second-order valence-electron chi connectivity index (χ2n) is 4.97. The van der Waals surface area contributed by atoms with Crippen molar-refractivity contribution >= 4 is 11.7 Å². The largest absolute Gasteiger partial charge is 0.467 e. The lowest BCUT2D eigenvalue weighted by Crippen LogP contribution is -2.31. The molecule has 0 spiro atoms. The van der Waals surface area contributed by atoms with Crippen LogP contribution in [-0.2, 0) is 0 Å². The molecule has 112 valence electrons. The molecule has 0 aliphatic heterocycles. The van der Waals surface area contributed by atoms with Crippen LogP contribution in [0.1, 0.15) is 37.3 Å². The van der Waals surface area contributed by atoms with Crippen molar-refractivity contribution in [1.29, 1.82) is 0 Å². The average molecular weight is 287 g/mol. The maximum atomic E-state index is 12.0. The summed E-state index contributed by atoms with van der Waals surface area (Å²) in [6, 6.07) is 11.2. The molecule has 3 N–H and O–H groups in total. The van der Waals surface area contributed by atoms with E-state index in [-0.39, 0.29) is 18.1 Å². The van der Waals surface area contributed by atoms with Gasteiger partial charge < -0.3 is 20.4 Å². The molecule has 1 aromatic carbocycles. The van der Waals surface area contributed by atoms with E-state index in [1.54, 1.807) is 12.3 Å². The van der Waals surface area contributed by atoms with Crippen molar-refractivity contribution in [2.24, 2.45) is 0 Å². The summed E-state index contributed by atoms with van der Waals surface area (Å²) in [5, 5.41) is 8.84. The molecular formula is C16H21N3O2. The Bertz CT molecular complexity index is 581. The van der Waals surface area contributed by atoms with Crippen LogP contribution in [-0.4, -0.2) is 13.1 Å². The van der Waals surface area contributed by atoms with E-state index < -0.39 is 0 Å². The van der Waals surface area contributed by atoms with Crippen LogP contribution in [0, 0.1) is 0 Å². The molecular weight excluding hydrogens is 266 g/mol. The Balaban J connectivity index is 1.96. The summed E-state index contributed by atoms with van der Waals surface area (Å²) in [5.41, 5.74) is 1.88. The summed E-state index contributed by atoms with van der Waals surface area (Å²) < 4.78 is 5.26. The van der Waals surface area contributed by atoms with Crippen LogP contribution in [0.15, 0.2) is 47.1 Å². The molecule has 2 atom stereocenters. The summed E-state index contributed by atoms with van der Waals surface area (Å²) in [5.74, 6) is 0.725. The Morgan fingerprint density at radius 2 is 1.95 bits per heavy atom. The zero-order chi connectivity index (χ0) is 15.2.